The lowest BCUT2D eigenvalue weighted by molar-refractivity contribution is -0.130. The molecule has 1 amide bonds. The van der Waals surface area contributed by atoms with Crippen molar-refractivity contribution in [3.05, 3.63) is 35.9 Å². The quantitative estimate of drug-likeness (QED) is 0.862. The summed E-state index contributed by atoms with van der Waals surface area (Å²) in [5.74, 6) is 0.0793. The standard InChI is InChI=1S/C15H23N3O/c1-17(11-13-6-3-2-4-7-13)12-14-8-5-9-18(14)15(19)10-16/h2-4,6-7,14H,5,8-12,16H2,1H3. The number of likely N-dealkylation sites (N-methyl/N-ethyl adjacent to an activating group) is 1. The van der Waals surface area contributed by atoms with Crippen LogP contribution in [0.5, 0.6) is 0 Å². The summed E-state index contributed by atoms with van der Waals surface area (Å²) < 4.78 is 0. The molecule has 2 N–H and O–H groups in total. The summed E-state index contributed by atoms with van der Waals surface area (Å²) >= 11 is 0. The summed E-state index contributed by atoms with van der Waals surface area (Å²) in [6.07, 6.45) is 2.18. The highest BCUT2D eigenvalue weighted by Crippen LogP contribution is 2.18. The molecule has 2 rings (SSSR count). The molecule has 1 aromatic rings. The highest BCUT2D eigenvalue weighted by molar-refractivity contribution is 5.78. The molecule has 1 unspecified atom stereocenters. The average Bonchev–Trinajstić information content (AvgIpc) is 2.87. The zero-order chi connectivity index (χ0) is 13.7. The van der Waals surface area contributed by atoms with Gasteiger partial charge in [-0.05, 0) is 25.5 Å². The Morgan fingerprint density at radius 2 is 2.16 bits per heavy atom. The van der Waals surface area contributed by atoms with E-state index in [9.17, 15) is 4.79 Å². The van der Waals surface area contributed by atoms with E-state index < -0.39 is 0 Å². The molecule has 1 fully saturated rings. The molecule has 19 heavy (non-hydrogen) atoms. The molecule has 0 aliphatic carbocycles. The van der Waals surface area contributed by atoms with Crippen molar-refractivity contribution in [3.8, 4) is 0 Å². The van der Waals surface area contributed by atoms with E-state index in [2.05, 4.69) is 36.2 Å². The number of nitrogens with zero attached hydrogens (tertiary/aromatic N) is 2. The highest BCUT2D eigenvalue weighted by Gasteiger charge is 2.28. The molecule has 1 atom stereocenters. The monoisotopic (exact) mass is 261 g/mol. The van der Waals surface area contributed by atoms with E-state index in [1.54, 1.807) is 0 Å². The fraction of sp³-hybridized carbons (Fsp3) is 0.533. The molecule has 1 aliphatic rings. The number of rotatable bonds is 5. The van der Waals surface area contributed by atoms with Gasteiger partial charge in [-0.25, -0.2) is 0 Å². The van der Waals surface area contributed by atoms with Crippen LogP contribution in [0.2, 0.25) is 0 Å². The Morgan fingerprint density at radius 3 is 2.84 bits per heavy atom. The van der Waals surface area contributed by atoms with Crippen molar-refractivity contribution < 1.29 is 4.79 Å². The average molecular weight is 261 g/mol. The third-order valence-electron chi connectivity index (χ3n) is 3.69. The first kappa shape index (κ1) is 14.0. The third kappa shape index (κ3) is 3.78. The lowest BCUT2D eigenvalue weighted by Gasteiger charge is -2.28. The van der Waals surface area contributed by atoms with Crippen molar-refractivity contribution in [1.82, 2.24) is 9.80 Å². The Labute approximate surface area is 115 Å². The maximum absolute atomic E-state index is 11.7. The first-order valence-corrected chi connectivity index (χ1v) is 6.92. The van der Waals surface area contributed by atoms with E-state index in [1.165, 1.54) is 5.56 Å². The number of carbonyl (C=O) groups excluding carboxylic acids is 1. The van der Waals surface area contributed by atoms with E-state index in [0.717, 1.165) is 32.5 Å². The summed E-state index contributed by atoms with van der Waals surface area (Å²) in [5, 5.41) is 0. The molecule has 4 heteroatoms. The number of amides is 1. The largest absolute Gasteiger partial charge is 0.337 e. The van der Waals surface area contributed by atoms with Crippen LogP contribution in [-0.2, 0) is 11.3 Å². The zero-order valence-corrected chi connectivity index (χ0v) is 11.6. The van der Waals surface area contributed by atoms with E-state index in [-0.39, 0.29) is 12.5 Å². The zero-order valence-electron chi connectivity index (χ0n) is 11.6. The molecule has 0 bridgehead atoms. The highest BCUT2D eigenvalue weighted by atomic mass is 16.2. The summed E-state index contributed by atoms with van der Waals surface area (Å²) in [4.78, 5) is 16.0. The minimum Gasteiger partial charge on any atom is -0.337 e. The fourth-order valence-corrected chi connectivity index (χ4v) is 2.79. The first-order chi connectivity index (χ1) is 9.20. The molecule has 1 heterocycles. The molecule has 1 aliphatic heterocycles. The topological polar surface area (TPSA) is 49.6 Å². The Balaban J connectivity index is 1.88. The van der Waals surface area contributed by atoms with Crippen LogP contribution >= 0.6 is 0 Å². The predicted molar refractivity (Wildman–Crippen MR) is 76.6 cm³/mol. The third-order valence-corrected chi connectivity index (χ3v) is 3.69. The molecule has 0 saturated carbocycles. The molecule has 0 spiro atoms. The van der Waals surface area contributed by atoms with Gasteiger partial charge in [-0.15, -0.1) is 0 Å². The van der Waals surface area contributed by atoms with Gasteiger partial charge in [0.25, 0.3) is 0 Å². The minimum absolute atomic E-state index is 0.0793. The molecule has 104 valence electrons. The van der Waals surface area contributed by atoms with Crippen molar-refractivity contribution in [2.24, 2.45) is 5.73 Å². The molecule has 0 aromatic heterocycles. The van der Waals surface area contributed by atoms with Gasteiger partial charge in [0.05, 0.1) is 6.54 Å². The van der Waals surface area contributed by atoms with Crippen LogP contribution in [0.3, 0.4) is 0 Å². The molecular weight excluding hydrogens is 238 g/mol. The van der Waals surface area contributed by atoms with Gasteiger partial charge >= 0.3 is 0 Å². The summed E-state index contributed by atoms with van der Waals surface area (Å²) in [7, 11) is 2.11. The van der Waals surface area contributed by atoms with Crippen LogP contribution in [0.4, 0.5) is 0 Å². The number of likely N-dealkylation sites (tertiary alicyclic amines) is 1. The van der Waals surface area contributed by atoms with E-state index in [1.807, 2.05) is 11.0 Å². The molecule has 4 nitrogen and oxygen atoms in total. The Hall–Kier alpha value is -1.39. The van der Waals surface area contributed by atoms with Crippen molar-refractivity contribution in [2.75, 3.05) is 26.7 Å². The van der Waals surface area contributed by atoms with Gasteiger partial charge in [-0.1, -0.05) is 30.3 Å². The lowest BCUT2D eigenvalue weighted by Crippen LogP contribution is -2.44. The van der Waals surface area contributed by atoms with Crippen LogP contribution in [0.15, 0.2) is 30.3 Å². The minimum atomic E-state index is 0.0793. The summed E-state index contributed by atoms with van der Waals surface area (Å²) in [6, 6.07) is 10.7. The number of hydrogen-bond acceptors (Lipinski definition) is 3. The fourth-order valence-electron chi connectivity index (χ4n) is 2.79. The number of carbonyl (C=O) groups is 1. The maximum Gasteiger partial charge on any atom is 0.236 e. The second-order valence-corrected chi connectivity index (χ2v) is 5.27. The molecule has 1 saturated heterocycles. The second kappa shape index (κ2) is 6.68. The van der Waals surface area contributed by atoms with Gasteiger partial charge in [0.1, 0.15) is 0 Å². The van der Waals surface area contributed by atoms with Crippen molar-refractivity contribution in [3.63, 3.8) is 0 Å². The van der Waals surface area contributed by atoms with Crippen molar-refractivity contribution in [2.45, 2.75) is 25.4 Å². The molecule has 1 aromatic carbocycles. The Morgan fingerprint density at radius 1 is 1.42 bits per heavy atom. The maximum atomic E-state index is 11.7. The first-order valence-electron chi connectivity index (χ1n) is 6.92. The number of hydrogen-bond donors (Lipinski definition) is 1. The Kier molecular flexibility index (Phi) is 4.93. The Bertz CT molecular complexity index is 407. The van der Waals surface area contributed by atoms with Gasteiger partial charge < -0.3 is 15.5 Å². The van der Waals surface area contributed by atoms with Crippen molar-refractivity contribution in [1.29, 1.82) is 0 Å². The second-order valence-electron chi connectivity index (χ2n) is 5.27. The smallest absolute Gasteiger partial charge is 0.236 e. The van der Waals surface area contributed by atoms with Crippen LogP contribution in [0.1, 0.15) is 18.4 Å². The van der Waals surface area contributed by atoms with Gasteiger partial charge in [-0.2, -0.15) is 0 Å². The van der Waals surface area contributed by atoms with Gasteiger partial charge in [0, 0.05) is 25.7 Å². The molecule has 0 radical (unpaired) electrons. The van der Waals surface area contributed by atoms with Crippen LogP contribution in [0.25, 0.3) is 0 Å². The van der Waals surface area contributed by atoms with Crippen molar-refractivity contribution >= 4 is 5.91 Å². The summed E-state index contributed by atoms with van der Waals surface area (Å²) in [5.41, 5.74) is 6.77. The van der Waals surface area contributed by atoms with Crippen LogP contribution < -0.4 is 5.73 Å². The SMILES string of the molecule is CN(Cc1ccccc1)CC1CCCN1C(=O)CN. The van der Waals surface area contributed by atoms with Crippen LogP contribution in [0, 0.1) is 0 Å². The van der Waals surface area contributed by atoms with Gasteiger partial charge in [-0.3, -0.25) is 4.79 Å². The van der Waals surface area contributed by atoms with Crippen LogP contribution in [-0.4, -0.2) is 48.4 Å². The van der Waals surface area contributed by atoms with Gasteiger partial charge in [0.15, 0.2) is 0 Å². The predicted octanol–water partition coefficient (Wildman–Crippen LogP) is 1.07. The normalized spacial score (nSPS) is 19.1. The summed E-state index contributed by atoms with van der Waals surface area (Å²) in [6.45, 7) is 2.82. The molecular formula is C15H23N3O. The number of benzene rings is 1. The lowest BCUT2D eigenvalue weighted by atomic mass is 10.1. The van der Waals surface area contributed by atoms with Gasteiger partial charge in [0.2, 0.25) is 5.91 Å². The van der Waals surface area contributed by atoms with E-state index in [4.69, 9.17) is 5.73 Å². The number of nitrogens with two attached hydrogens (primary N) is 1. The van der Waals surface area contributed by atoms with E-state index in [0.29, 0.717) is 6.04 Å². The van der Waals surface area contributed by atoms with E-state index >= 15 is 0 Å².